The minimum absolute atomic E-state index is 0.0653. The van der Waals surface area contributed by atoms with E-state index < -0.39 is 11.2 Å². The molecule has 1 aromatic heterocycles. The average Bonchev–Trinajstić information content (AvgIpc) is 2.42. The Morgan fingerprint density at radius 2 is 1.95 bits per heavy atom. The molecule has 0 unspecified atom stereocenters. The Bertz CT molecular complexity index is 809. The van der Waals surface area contributed by atoms with Crippen LogP contribution in [0.1, 0.15) is 22.8 Å². The van der Waals surface area contributed by atoms with Crippen molar-refractivity contribution in [2.75, 3.05) is 5.43 Å². The maximum Gasteiger partial charge on any atom is 0.347 e. The quantitative estimate of drug-likeness (QED) is 0.789. The van der Waals surface area contributed by atoms with Gasteiger partial charge in [-0.25, -0.2) is 9.47 Å². The first kappa shape index (κ1) is 13.3. The molecule has 0 amide bonds. The first-order valence-electron chi connectivity index (χ1n) is 5.65. The van der Waals surface area contributed by atoms with Crippen molar-refractivity contribution in [3.63, 3.8) is 0 Å². The molecule has 7 heteroatoms. The lowest BCUT2D eigenvalue weighted by Gasteiger charge is -2.09. The van der Waals surface area contributed by atoms with Gasteiger partial charge in [-0.2, -0.15) is 5.26 Å². The summed E-state index contributed by atoms with van der Waals surface area (Å²) < 4.78 is 0.989. The summed E-state index contributed by atoms with van der Waals surface area (Å²) in [6.45, 7) is 1.45. The number of hydrogen-bond donors (Lipinski definition) is 2. The summed E-state index contributed by atoms with van der Waals surface area (Å²) in [6.07, 6.45) is 1.11. The number of nitrogens with zero attached hydrogens (tertiary/aromatic N) is 2. The van der Waals surface area contributed by atoms with E-state index in [2.05, 4.69) is 5.43 Å². The van der Waals surface area contributed by atoms with E-state index in [0.29, 0.717) is 11.3 Å². The second-order valence-electron chi connectivity index (χ2n) is 4.03. The average molecular weight is 270 g/mol. The Kier molecular flexibility index (Phi) is 3.48. The fourth-order valence-corrected chi connectivity index (χ4v) is 1.55. The molecule has 2 rings (SSSR count). The largest absolute Gasteiger partial charge is 0.347 e. The second kappa shape index (κ2) is 5.24. The summed E-state index contributed by atoms with van der Waals surface area (Å²) in [7, 11) is 0. The highest BCUT2D eigenvalue weighted by atomic mass is 16.2. The number of Topliss-reactive ketones (excluding diaryl/α,β-unsaturated/α-hetero) is 1. The number of aromatic nitrogens is 2. The normalized spacial score (nSPS) is 9.80. The van der Waals surface area contributed by atoms with Crippen molar-refractivity contribution < 1.29 is 4.79 Å². The van der Waals surface area contributed by atoms with E-state index in [9.17, 15) is 14.4 Å². The molecule has 0 spiro atoms. The smallest absolute Gasteiger partial charge is 0.295 e. The predicted molar refractivity (Wildman–Crippen MR) is 71.5 cm³/mol. The van der Waals surface area contributed by atoms with Gasteiger partial charge in [0, 0.05) is 5.56 Å². The van der Waals surface area contributed by atoms with Gasteiger partial charge in [-0.05, 0) is 31.2 Å². The zero-order chi connectivity index (χ0) is 14.7. The van der Waals surface area contributed by atoms with Gasteiger partial charge in [0.05, 0.1) is 11.9 Å². The van der Waals surface area contributed by atoms with Crippen molar-refractivity contribution in [1.82, 2.24) is 9.66 Å². The monoisotopic (exact) mass is 270 g/mol. The molecule has 1 heterocycles. The van der Waals surface area contributed by atoms with Crippen LogP contribution in [0.5, 0.6) is 0 Å². The van der Waals surface area contributed by atoms with Crippen LogP contribution in [0.2, 0.25) is 0 Å². The zero-order valence-corrected chi connectivity index (χ0v) is 10.5. The van der Waals surface area contributed by atoms with Gasteiger partial charge in [-0.15, -0.1) is 0 Å². The number of hydrogen-bond acceptors (Lipinski definition) is 5. The molecule has 0 aliphatic carbocycles. The van der Waals surface area contributed by atoms with Gasteiger partial charge in [0.2, 0.25) is 0 Å². The number of anilines is 1. The predicted octanol–water partition coefficient (Wildman–Crippen LogP) is 0.486. The lowest BCUT2D eigenvalue weighted by molar-refractivity contribution is 0.101. The third-order valence-electron chi connectivity index (χ3n) is 2.60. The Hall–Kier alpha value is -3.14. The Morgan fingerprint density at radius 3 is 2.50 bits per heavy atom. The fourth-order valence-electron chi connectivity index (χ4n) is 1.55. The minimum Gasteiger partial charge on any atom is -0.295 e. The molecule has 20 heavy (non-hydrogen) atoms. The molecule has 0 aliphatic rings. The summed E-state index contributed by atoms with van der Waals surface area (Å²) >= 11 is 0. The van der Waals surface area contributed by atoms with Crippen molar-refractivity contribution in [2.45, 2.75) is 6.92 Å². The number of nitrogens with one attached hydrogen (secondary N) is 2. The summed E-state index contributed by atoms with van der Waals surface area (Å²) in [4.78, 5) is 36.0. The van der Waals surface area contributed by atoms with Crippen LogP contribution in [0.3, 0.4) is 0 Å². The Morgan fingerprint density at radius 1 is 1.30 bits per heavy atom. The number of carbonyl (C=O) groups is 1. The lowest BCUT2D eigenvalue weighted by atomic mass is 10.1. The first-order valence-corrected chi connectivity index (χ1v) is 5.65. The number of rotatable bonds is 3. The molecule has 0 atom stereocenters. The van der Waals surface area contributed by atoms with Gasteiger partial charge in [-0.3, -0.25) is 20.0 Å². The maximum absolute atomic E-state index is 11.6. The van der Waals surface area contributed by atoms with E-state index in [1.54, 1.807) is 30.3 Å². The number of nitriles is 1. The van der Waals surface area contributed by atoms with E-state index >= 15 is 0 Å². The molecule has 100 valence electrons. The molecular formula is C13H10N4O3. The van der Waals surface area contributed by atoms with Gasteiger partial charge in [0.25, 0.3) is 5.56 Å². The molecule has 1 aromatic carbocycles. The second-order valence-corrected chi connectivity index (χ2v) is 4.03. The third kappa shape index (κ3) is 2.64. The van der Waals surface area contributed by atoms with E-state index in [1.165, 1.54) is 6.92 Å². The molecule has 2 aromatic rings. The summed E-state index contributed by atoms with van der Waals surface area (Å²) in [6, 6.07) is 8.11. The molecule has 0 saturated heterocycles. The van der Waals surface area contributed by atoms with Crippen LogP contribution in [-0.4, -0.2) is 15.4 Å². The highest BCUT2D eigenvalue weighted by Gasteiger charge is 2.04. The number of H-pyrrole nitrogens is 1. The van der Waals surface area contributed by atoms with Gasteiger partial charge >= 0.3 is 5.69 Å². The number of aromatic amines is 1. The Labute approximate surface area is 113 Å². The van der Waals surface area contributed by atoms with Crippen LogP contribution in [0.4, 0.5) is 5.69 Å². The fraction of sp³-hybridized carbons (Fsp3) is 0.0769. The van der Waals surface area contributed by atoms with Gasteiger partial charge in [0.15, 0.2) is 5.78 Å². The van der Waals surface area contributed by atoms with Gasteiger partial charge < -0.3 is 0 Å². The number of carbonyl (C=O) groups excluding carboxylic acids is 1. The van der Waals surface area contributed by atoms with Crippen LogP contribution in [0.25, 0.3) is 0 Å². The summed E-state index contributed by atoms with van der Waals surface area (Å²) in [5.41, 5.74) is 2.18. The highest BCUT2D eigenvalue weighted by Crippen LogP contribution is 2.09. The van der Waals surface area contributed by atoms with Crippen LogP contribution in [-0.2, 0) is 0 Å². The van der Waals surface area contributed by atoms with Crippen LogP contribution >= 0.6 is 0 Å². The number of benzene rings is 1. The molecule has 0 fully saturated rings. The highest BCUT2D eigenvalue weighted by molar-refractivity contribution is 5.94. The Balaban J connectivity index is 2.35. The van der Waals surface area contributed by atoms with Crippen molar-refractivity contribution >= 4 is 11.5 Å². The lowest BCUT2D eigenvalue weighted by Crippen LogP contribution is -2.34. The van der Waals surface area contributed by atoms with Crippen LogP contribution < -0.4 is 16.7 Å². The van der Waals surface area contributed by atoms with Crippen molar-refractivity contribution in [2.24, 2.45) is 0 Å². The minimum atomic E-state index is -0.734. The van der Waals surface area contributed by atoms with Gasteiger partial charge in [-0.1, -0.05) is 0 Å². The van der Waals surface area contributed by atoms with Crippen molar-refractivity contribution in [1.29, 1.82) is 5.26 Å². The van der Waals surface area contributed by atoms with Gasteiger partial charge in [0.1, 0.15) is 11.6 Å². The molecule has 0 aliphatic heterocycles. The standard InChI is InChI=1S/C13H10N4O3/c1-8(18)9-2-4-11(5-3-9)16-17-7-10(6-14)12(19)15-13(17)20/h2-5,7,16H,1H3,(H,15,19,20). The van der Waals surface area contributed by atoms with E-state index in [1.807, 2.05) is 4.98 Å². The molecular weight excluding hydrogens is 260 g/mol. The van der Waals surface area contributed by atoms with Crippen LogP contribution in [0, 0.1) is 11.3 Å². The van der Waals surface area contributed by atoms with Crippen molar-refractivity contribution in [3.05, 3.63) is 62.4 Å². The SMILES string of the molecule is CC(=O)c1ccc(Nn2cc(C#N)c(=O)[nH]c2=O)cc1. The third-order valence-corrected chi connectivity index (χ3v) is 2.60. The zero-order valence-electron chi connectivity index (χ0n) is 10.5. The first-order chi connectivity index (χ1) is 9.51. The van der Waals surface area contributed by atoms with E-state index in [4.69, 9.17) is 5.26 Å². The van der Waals surface area contributed by atoms with E-state index in [-0.39, 0.29) is 11.3 Å². The summed E-state index contributed by atoms with van der Waals surface area (Å²) in [5, 5.41) is 8.75. The summed E-state index contributed by atoms with van der Waals surface area (Å²) in [5.74, 6) is -0.0653. The maximum atomic E-state index is 11.6. The molecule has 0 radical (unpaired) electrons. The molecule has 0 bridgehead atoms. The topological polar surface area (TPSA) is 108 Å². The van der Waals surface area contributed by atoms with E-state index in [0.717, 1.165) is 10.9 Å². The molecule has 0 saturated carbocycles. The molecule has 2 N–H and O–H groups in total. The van der Waals surface area contributed by atoms with Crippen molar-refractivity contribution in [3.8, 4) is 6.07 Å². The van der Waals surface area contributed by atoms with Crippen LogP contribution in [0.15, 0.2) is 40.1 Å². The number of ketones is 1. The molecule has 7 nitrogen and oxygen atoms in total.